The first kappa shape index (κ1) is 13.9. The fourth-order valence-electron chi connectivity index (χ4n) is 3.05. The molecular formula is C17H21N3O. The number of carbonyl (C=O) groups excluding carboxylic acids is 1. The van der Waals surface area contributed by atoms with Crippen molar-refractivity contribution in [3.05, 3.63) is 53.9 Å². The van der Waals surface area contributed by atoms with Gasteiger partial charge in [0, 0.05) is 30.9 Å². The summed E-state index contributed by atoms with van der Waals surface area (Å²) in [6.45, 7) is 2.95. The maximum Gasteiger partial charge on any atom is 0.227 e. The smallest absolute Gasteiger partial charge is 0.227 e. The zero-order chi connectivity index (χ0) is 14.7. The van der Waals surface area contributed by atoms with Crippen molar-refractivity contribution in [2.45, 2.75) is 44.7 Å². The summed E-state index contributed by atoms with van der Waals surface area (Å²) in [5.41, 5.74) is 2.30. The molecule has 1 aliphatic rings. The van der Waals surface area contributed by atoms with E-state index in [0.717, 1.165) is 31.4 Å². The van der Waals surface area contributed by atoms with E-state index in [1.807, 2.05) is 47.3 Å². The van der Waals surface area contributed by atoms with Crippen LogP contribution in [0.2, 0.25) is 0 Å². The zero-order valence-electron chi connectivity index (χ0n) is 12.3. The van der Waals surface area contributed by atoms with Crippen molar-refractivity contribution >= 4 is 5.91 Å². The first-order valence-corrected chi connectivity index (χ1v) is 7.64. The molecule has 2 atom stereocenters. The maximum absolute atomic E-state index is 12.6. The van der Waals surface area contributed by atoms with Crippen LogP contribution < -0.4 is 5.32 Å². The first-order chi connectivity index (χ1) is 10.3. The maximum atomic E-state index is 12.6. The molecule has 0 aliphatic carbocycles. The number of nitrogens with one attached hydrogen (secondary N) is 1. The minimum absolute atomic E-state index is 0.0574. The number of hydrogen-bond acceptors (Lipinski definition) is 2. The van der Waals surface area contributed by atoms with Crippen LogP contribution in [-0.4, -0.2) is 21.7 Å². The molecule has 0 saturated heterocycles. The average molecular weight is 283 g/mol. The fourth-order valence-corrected chi connectivity index (χ4v) is 3.05. The predicted octanol–water partition coefficient (Wildman–Crippen LogP) is 2.51. The quantitative estimate of drug-likeness (QED) is 0.937. The minimum Gasteiger partial charge on any atom is -0.352 e. The van der Waals surface area contributed by atoms with E-state index >= 15 is 0 Å². The van der Waals surface area contributed by atoms with Crippen LogP contribution >= 0.6 is 0 Å². The Hall–Kier alpha value is -2.10. The van der Waals surface area contributed by atoms with Crippen molar-refractivity contribution < 1.29 is 4.79 Å². The lowest BCUT2D eigenvalue weighted by Crippen LogP contribution is -2.42. The molecule has 0 saturated carbocycles. The second-order valence-electron chi connectivity index (χ2n) is 5.62. The lowest BCUT2D eigenvalue weighted by atomic mass is 9.94. The molecular weight excluding hydrogens is 262 g/mol. The third-order valence-electron chi connectivity index (χ3n) is 4.22. The normalized spacial score (nSPS) is 18.8. The Balaban J connectivity index is 1.66. The SMILES string of the molecule is CCC(C(=O)NC1CCn2nccc2C1)c1ccccc1. The number of hydrogen-bond donors (Lipinski definition) is 1. The summed E-state index contributed by atoms with van der Waals surface area (Å²) in [7, 11) is 0. The van der Waals surface area contributed by atoms with Crippen LogP contribution in [0, 0.1) is 0 Å². The van der Waals surface area contributed by atoms with Crippen molar-refractivity contribution in [2.75, 3.05) is 0 Å². The highest BCUT2D eigenvalue weighted by atomic mass is 16.1. The molecule has 2 aromatic rings. The van der Waals surface area contributed by atoms with Gasteiger partial charge in [-0.3, -0.25) is 9.48 Å². The van der Waals surface area contributed by atoms with Crippen molar-refractivity contribution in [3.8, 4) is 0 Å². The molecule has 1 aromatic heterocycles. The molecule has 3 rings (SSSR count). The number of carbonyl (C=O) groups is 1. The molecule has 4 nitrogen and oxygen atoms in total. The van der Waals surface area contributed by atoms with Crippen LogP contribution in [0.4, 0.5) is 0 Å². The van der Waals surface area contributed by atoms with E-state index in [9.17, 15) is 4.79 Å². The fraction of sp³-hybridized carbons (Fsp3) is 0.412. The van der Waals surface area contributed by atoms with E-state index in [4.69, 9.17) is 0 Å². The molecule has 0 spiro atoms. The van der Waals surface area contributed by atoms with Gasteiger partial charge in [-0.15, -0.1) is 0 Å². The Labute approximate surface area is 125 Å². The van der Waals surface area contributed by atoms with Crippen LogP contribution in [0.15, 0.2) is 42.6 Å². The van der Waals surface area contributed by atoms with Crippen molar-refractivity contribution in [1.82, 2.24) is 15.1 Å². The summed E-state index contributed by atoms with van der Waals surface area (Å²) in [5.74, 6) is 0.0831. The lowest BCUT2D eigenvalue weighted by Gasteiger charge is -2.26. The predicted molar refractivity (Wildman–Crippen MR) is 82.0 cm³/mol. The summed E-state index contributed by atoms with van der Waals surface area (Å²) in [6.07, 6.45) is 4.47. The van der Waals surface area contributed by atoms with Gasteiger partial charge < -0.3 is 5.32 Å². The van der Waals surface area contributed by atoms with E-state index in [1.54, 1.807) is 0 Å². The number of aryl methyl sites for hydroxylation is 1. The molecule has 0 fully saturated rings. The van der Waals surface area contributed by atoms with Crippen molar-refractivity contribution in [2.24, 2.45) is 0 Å². The van der Waals surface area contributed by atoms with Gasteiger partial charge in [-0.05, 0) is 24.5 Å². The van der Waals surface area contributed by atoms with Crippen LogP contribution in [0.5, 0.6) is 0 Å². The number of nitrogens with zero attached hydrogens (tertiary/aromatic N) is 2. The second kappa shape index (κ2) is 6.12. The van der Waals surface area contributed by atoms with Gasteiger partial charge in [-0.25, -0.2) is 0 Å². The van der Waals surface area contributed by atoms with Gasteiger partial charge >= 0.3 is 0 Å². The lowest BCUT2D eigenvalue weighted by molar-refractivity contribution is -0.123. The third kappa shape index (κ3) is 2.99. The monoisotopic (exact) mass is 283 g/mol. The van der Waals surface area contributed by atoms with Gasteiger partial charge in [0.25, 0.3) is 0 Å². The molecule has 1 N–H and O–H groups in total. The molecule has 1 amide bonds. The van der Waals surface area contributed by atoms with E-state index in [2.05, 4.69) is 17.3 Å². The molecule has 110 valence electrons. The summed E-state index contributed by atoms with van der Waals surface area (Å²) >= 11 is 0. The Morgan fingerprint density at radius 1 is 1.38 bits per heavy atom. The summed E-state index contributed by atoms with van der Waals surface area (Å²) < 4.78 is 2.02. The van der Waals surface area contributed by atoms with Gasteiger partial charge in [-0.2, -0.15) is 5.10 Å². The summed E-state index contributed by atoms with van der Waals surface area (Å²) in [6, 6.07) is 12.3. The molecule has 1 aromatic carbocycles. The van der Waals surface area contributed by atoms with E-state index in [1.165, 1.54) is 5.69 Å². The Bertz CT molecular complexity index is 606. The van der Waals surface area contributed by atoms with Gasteiger partial charge in [-0.1, -0.05) is 37.3 Å². The second-order valence-corrected chi connectivity index (χ2v) is 5.62. The number of amides is 1. The standard InChI is InChI=1S/C17H21N3O/c1-2-16(13-6-4-3-5-7-13)17(21)19-14-9-11-20-15(12-14)8-10-18-20/h3-8,10,14,16H,2,9,11-12H2,1H3,(H,19,21). The highest BCUT2D eigenvalue weighted by Gasteiger charge is 2.24. The number of rotatable bonds is 4. The average Bonchev–Trinajstić information content (AvgIpc) is 2.96. The van der Waals surface area contributed by atoms with Crippen LogP contribution in [0.25, 0.3) is 0 Å². The molecule has 21 heavy (non-hydrogen) atoms. The first-order valence-electron chi connectivity index (χ1n) is 7.64. The molecule has 2 heterocycles. The van der Waals surface area contributed by atoms with E-state index < -0.39 is 0 Å². The van der Waals surface area contributed by atoms with Crippen LogP contribution in [-0.2, 0) is 17.8 Å². The van der Waals surface area contributed by atoms with Crippen molar-refractivity contribution in [1.29, 1.82) is 0 Å². The molecule has 0 radical (unpaired) electrons. The zero-order valence-corrected chi connectivity index (χ0v) is 12.3. The summed E-state index contributed by atoms with van der Waals surface area (Å²) in [4.78, 5) is 12.6. The van der Waals surface area contributed by atoms with E-state index in [0.29, 0.717) is 0 Å². The van der Waals surface area contributed by atoms with Gasteiger partial charge in [0.2, 0.25) is 5.91 Å². The van der Waals surface area contributed by atoms with Gasteiger partial charge in [0.1, 0.15) is 0 Å². The van der Waals surface area contributed by atoms with Crippen molar-refractivity contribution in [3.63, 3.8) is 0 Å². The van der Waals surface area contributed by atoms with Gasteiger partial charge in [0.15, 0.2) is 0 Å². The highest BCUT2D eigenvalue weighted by Crippen LogP contribution is 2.21. The topological polar surface area (TPSA) is 46.9 Å². The van der Waals surface area contributed by atoms with Crippen LogP contribution in [0.1, 0.15) is 36.9 Å². The molecule has 4 heteroatoms. The number of fused-ring (bicyclic) bond motifs is 1. The Morgan fingerprint density at radius 3 is 2.95 bits per heavy atom. The molecule has 2 unspecified atom stereocenters. The number of benzene rings is 1. The summed E-state index contributed by atoms with van der Waals surface area (Å²) in [5, 5.41) is 7.49. The Morgan fingerprint density at radius 2 is 2.19 bits per heavy atom. The largest absolute Gasteiger partial charge is 0.352 e. The third-order valence-corrected chi connectivity index (χ3v) is 4.22. The van der Waals surface area contributed by atoms with E-state index in [-0.39, 0.29) is 17.9 Å². The minimum atomic E-state index is -0.0574. The molecule has 0 bridgehead atoms. The van der Waals surface area contributed by atoms with Crippen LogP contribution in [0.3, 0.4) is 0 Å². The highest BCUT2D eigenvalue weighted by molar-refractivity contribution is 5.83. The Kier molecular flexibility index (Phi) is 4.04. The number of aromatic nitrogens is 2. The van der Waals surface area contributed by atoms with Gasteiger partial charge in [0.05, 0.1) is 5.92 Å². The molecule has 1 aliphatic heterocycles.